The number of ether oxygens (including phenoxy) is 1. The number of carbonyl (C=O) groups is 1. The number of nitrogens with one attached hydrogen (secondary N) is 2. The third kappa shape index (κ3) is 2.83. The van der Waals surface area contributed by atoms with E-state index in [9.17, 15) is 9.18 Å². The number of carbonyl (C=O) groups excluding carboxylic acids is 1. The topological polar surface area (TPSA) is 50.4 Å². The van der Waals surface area contributed by atoms with Crippen molar-refractivity contribution in [2.24, 2.45) is 0 Å². The van der Waals surface area contributed by atoms with Crippen molar-refractivity contribution in [1.82, 2.24) is 10.6 Å². The van der Waals surface area contributed by atoms with E-state index in [1.807, 2.05) is 0 Å². The molecular formula is C13H12BrFN2O2S. The second-order valence-corrected chi connectivity index (χ2v) is 5.50. The second-order valence-electron chi connectivity index (χ2n) is 4.24. The van der Waals surface area contributed by atoms with Crippen molar-refractivity contribution in [2.75, 3.05) is 7.11 Å². The number of halogens is 2. The largest absolute Gasteiger partial charge is 0.466 e. The van der Waals surface area contributed by atoms with Crippen LogP contribution in [0.1, 0.15) is 18.5 Å². The number of hydrogen-bond donors (Lipinski definition) is 2. The van der Waals surface area contributed by atoms with Gasteiger partial charge in [0.2, 0.25) is 0 Å². The second kappa shape index (κ2) is 5.88. The minimum Gasteiger partial charge on any atom is -0.466 e. The minimum atomic E-state index is -0.479. The van der Waals surface area contributed by atoms with Crippen LogP contribution in [-0.2, 0) is 9.53 Å². The molecule has 0 unspecified atom stereocenters. The molecule has 0 aromatic heterocycles. The monoisotopic (exact) mass is 358 g/mol. The smallest absolute Gasteiger partial charge is 0.337 e. The Balaban J connectivity index is 2.50. The Morgan fingerprint density at radius 2 is 2.20 bits per heavy atom. The highest BCUT2D eigenvalue weighted by molar-refractivity contribution is 9.10. The Bertz CT molecular complexity index is 618. The maximum atomic E-state index is 13.3. The molecule has 0 saturated heterocycles. The van der Waals surface area contributed by atoms with Crippen molar-refractivity contribution in [3.8, 4) is 0 Å². The lowest BCUT2D eigenvalue weighted by Gasteiger charge is -2.29. The van der Waals surface area contributed by atoms with Gasteiger partial charge in [-0.05, 0) is 52.8 Å². The highest BCUT2D eigenvalue weighted by Crippen LogP contribution is 2.29. The van der Waals surface area contributed by atoms with Crippen LogP contribution < -0.4 is 10.6 Å². The summed E-state index contributed by atoms with van der Waals surface area (Å²) in [6, 6.07) is 4.06. The molecule has 2 N–H and O–H groups in total. The van der Waals surface area contributed by atoms with Crippen LogP contribution in [0.15, 0.2) is 33.9 Å². The summed E-state index contributed by atoms with van der Waals surface area (Å²) in [5.41, 5.74) is 1.74. The number of benzene rings is 1. The molecule has 0 radical (unpaired) electrons. The van der Waals surface area contributed by atoms with E-state index < -0.39 is 12.0 Å². The van der Waals surface area contributed by atoms with E-state index in [4.69, 9.17) is 17.0 Å². The molecule has 2 rings (SSSR count). The number of methoxy groups -OCH3 is 1. The van der Waals surface area contributed by atoms with E-state index in [1.54, 1.807) is 19.1 Å². The Kier molecular flexibility index (Phi) is 4.39. The summed E-state index contributed by atoms with van der Waals surface area (Å²) in [4.78, 5) is 11.9. The molecule has 0 fully saturated rings. The molecule has 1 atom stereocenters. The van der Waals surface area contributed by atoms with Crippen LogP contribution in [0.2, 0.25) is 0 Å². The third-order valence-corrected chi connectivity index (χ3v) is 3.78. The Labute approximate surface area is 129 Å². The normalized spacial score (nSPS) is 18.4. The summed E-state index contributed by atoms with van der Waals surface area (Å²) in [6.07, 6.45) is 0. The first kappa shape index (κ1) is 14.9. The molecule has 7 heteroatoms. The minimum absolute atomic E-state index is 0.322. The van der Waals surface area contributed by atoms with Crippen molar-refractivity contribution in [3.05, 3.63) is 45.3 Å². The fraction of sp³-hybridized carbons (Fsp3) is 0.231. The molecule has 0 amide bonds. The van der Waals surface area contributed by atoms with Crippen molar-refractivity contribution in [1.29, 1.82) is 0 Å². The van der Waals surface area contributed by atoms with Gasteiger partial charge in [0.15, 0.2) is 5.11 Å². The first-order chi connectivity index (χ1) is 9.43. The van der Waals surface area contributed by atoms with E-state index in [-0.39, 0.29) is 5.82 Å². The number of rotatable bonds is 2. The first-order valence-corrected chi connectivity index (χ1v) is 6.95. The van der Waals surface area contributed by atoms with E-state index >= 15 is 0 Å². The van der Waals surface area contributed by atoms with E-state index in [0.29, 0.717) is 26.4 Å². The van der Waals surface area contributed by atoms with Gasteiger partial charge in [0.25, 0.3) is 0 Å². The molecule has 1 aliphatic heterocycles. The SMILES string of the molecule is COC(=O)C1=C(C)NC(=S)N[C@@H]1c1ccc(F)c(Br)c1. The van der Waals surface area contributed by atoms with Gasteiger partial charge in [0.1, 0.15) is 5.82 Å². The highest BCUT2D eigenvalue weighted by atomic mass is 79.9. The highest BCUT2D eigenvalue weighted by Gasteiger charge is 2.30. The van der Waals surface area contributed by atoms with Crippen LogP contribution in [0.4, 0.5) is 4.39 Å². The molecule has 4 nitrogen and oxygen atoms in total. The predicted molar refractivity (Wildman–Crippen MR) is 80.4 cm³/mol. The lowest BCUT2D eigenvalue weighted by molar-refractivity contribution is -0.136. The van der Waals surface area contributed by atoms with Gasteiger partial charge in [-0.15, -0.1) is 0 Å². The van der Waals surface area contributed by atoms with Crippen LogP contribution in [-0.4, -0.2) is 18.2 Å². The van der Waals surface area contributed by atoms with Crippen LogP contribution in [0.5, 0.6) is 0 Å². The molecule has 1 aromatic carbocycles. The average molecular weight is 359 g/mol. The summed E-state index contributed by atoms with van der Waals surface area (Å²) < 4.78 is 18.4. The molecule has 0 aliphatic carbocycles. The van der Waals surface area contributed by atoms with Crippen LogP contribution in [0.3, 0.4) is 0 Å². The van der Waals surface area contributed by atoms with Gasteiger partial charge < -0.3 is 15.4 Å². The van der Waals surface area contributed by atoms with E-state index in [1.165, 1.54) is 13.2 Å². The summed E-state index contributed by atoms with van der Waals surface area (Å²) >= 11 is 8.23. The van der Waals surface area contributed by atoms with Crippen molar-refractivity contribution in [2.45, 2.75) is 13.0 Å². The Hall–Kier alpha value is -1.47. The summed E-state index contributed by atoms with van der Waals surface area (Å²) in [5.74, 6) is -0.832. The number of hydrogen-bond acceptors (Lipinski definition) is 3. The third-order valence-electron chi connectivity index (χ3n) is 2.95. The quantitative estimate of drug-likeness (QED) is 0.628. The number of allylic oxidation sites excluding steroid dienone is 1. The van der Waals surface area contributed by atoms with Crippen molar-refractivity contribution in [3.63, 3.8) is 0 Å². The zero-order valence-corrected chi connectivity index (χ0v) is 13.2. The van der Waals surface area contributed by atoms with Gasteiger partial charge in [0, 0.05) is 5.70 Å². The van der Waals surface area contributed by atoms with Gasteiger partial charge in [-0.3, -0.25) is 0 Å². The molecule has 0 bridgehead atoms. The molecule has 1 aromatic rings. The van der Waals surface area contributed by atoms with Crippen molar-refractivity contribution >= 4 is 39.2 Å². The Morgan fingerprint density at radius 1 is 1.50 bits per heavy atom. The first-order valence-electron chi connectivity index (χ1n) is 5.75. The fourth-order valence-corrected chi connectivity index (χ4v) is 2.68. The van der Waals surface area contributed by atoms with Gasteiger partial charge in [-0.1, -0.05) is 6.07 Å². The zero-order valence-electron chi connectivity index (χ0n) is 10.8. The zero-order chi connectivity index (χ0) is 14.9. The molecule has 20 heavy (non-hydrogen) atoms. The molecule has 0 saturated carbocycles. The Morgan fingerprint density at radius 3 is 2.80 bits per heavy atom. The summed E-state index contributed by atoms with van der Waals surface area (Å²) in [6.45, 7) is 1.74. The molecule has 1 aliphatic rings. The maximum Gasteiger partial charge on any atom is 0.337 e. The molecule has 0 spiro atoms. The van der Waals surface area contributed by atoms with Crippen molar-refractivity contribution < 1.29 is 13.9 Å². The fourth-order valence-electron chi connectivity index (χ4n) is 2.02. The number of thiocarbonyl (C=S) groups is 1. The van der Waals surface area contributed by atoms with Gasteiger partial charge in [-0.25, -0.2) is 9.18 Å². The van der Waals surface area contributed by atoms with Gasteiger partial charge in [-0.2, -0.15) is 0 Å². The summed E-state index contributed by atoms with van der Waals surface area (Å²) in [5, 5.41) is 6.28. The molecular weight excluding hydrogens is 347 g/mol. The number of esters is 1. The van der Waals surface area contributed by atoms with Gasteiger partial charge >= 0.3 is 5.97 Å². The lowest BCUT2D eigenvalue weighted by atomic mass is 9.96. The standard InChI is InChI=1S/C13H12BrFN2O2S/c1-6-10(12(18)19-2)11(17-13(20)16-6)7-3-4-9(15)8(14)5-7/h3-5,11H,1-2H3,(H2,16,17,20)/t11-/m1/s1. The molecule has 106 valence electrons. The van der Waals surface area contributed by atoms with Crippen LogP contribution in [0, 0.1) is 5.82 Å². The van der Waals surface area contributed by atoms with Crippen LogP contribution >= 0.6 is 28.1 Å². The van der Waals surface area contributed by atoms with E-state index in [0.717, 1.165) is 0 Å². The lowest BCUT2D eigenvalue weighted by Crippen LogP contribution is -2.45. The van der Waals surface area contributed by atoms with E-state index in [2.05, 4.69) is 26.6 Å². The average Bonchev–Trinajstić information content (AvgIpc) is 2.40. The predicted octanol–water partition coefficient (Wildman–Crippen LogP) is 2.55. The van der Waals surface area contributed by atoms with Crippen LogP contribution in [0.25, 0.3) is 0 Å². The van der Waals surface area contributed by atoms with Gasteiger partial charge in [0.05, 0.1) is 23.2 Å². The summed E-state index contributed by atoms with van der Waals surface area (Å²) in [7, 11) is 1.31. The molecule has 1 heterocycles. The maximum absolute atomic E-state index is 13.3.